The molecule has 0 saturated heterocycles. The van der Waals surface area contributed by atoms with E-state index in [0.717, 1.165) is 34.7 Å². The fourth-order valence-electron chi connectivity index (χ4n) is 2.57. The number of rotatable bonds is 6. The van der Waals surface area contributed by atoms with Crippen molar-refractivity contribution in [1.82, 2.24) is 21.4 Å². The Bertz CT molecular complexity index is 772. The van der Waals surface area contributed by atoms with Gasteiger partial charge in [-0.15, -0.1) is 11.3 Å². The molecule has 0 aromatic carbocycles. The minimum Gasteiger partial charge on any atom is -0.505 e. The van der Waals surface area contributed by atoms with E-state index in [4.69, 9.17) is 16.4 Å². The molecule has 0 saturated carbocycles. The first-order valence-corrected chi connectivity index (χ1v) is 9.47. The number of allylic oxidation sites excluding steroid dienone is 2. The molecule has 7 nitrogen and oxygen atoms in total. The van der Waals surface area contributed by atoms with Crippen molar-refractivity contribution in [3.63, 3.8) is 0 Å². The van der Waals surface area contributed by atoms with Crippen molar-refractivity contribution < 1.29 is 14.7 Å². The van der Waals surface area contributed by atoms with Gasteiger partial charge in [0.2, 0.25) is 0 Å². The first-order valence-electron chi connectivity index (χ1n) is 8.22. The van der Waals surface area contributed by atoms with E-state index in [1.807, 2.05) is 25.3 Å². The summed E-state index contributed by atoms with van der Waals surface area (Å²) in [6, 6.07) is 0. The Hall–Kier alpha value is -1.84. The van der Waals surface area contributed by atoms with Crippen LogP contribution in [0, 0.1) is 0 Å². The highest BCUT2D eigenvalue weighted by Crippen LogP contribution is 2.33. The molecule has 2 aliphatic heterocycles. The molecule has 1 amide bonds. The van der Waals surface area contributed by atoms with Crippen molar-refractivity contribution in [3.05, 3.63) is 50.5 Å². The van der Waals surface area contributed by atoms with E-state index in [2.05, 4.69) is 21.4 Å². The highest BCUT2D eigenvalue weighted by molar-refractivity contribution is 7.13. The second kappa shape index (κ2) is 8.70. The minimum atomic E-state index is -0.319. The van der Waals surface area contributed by atoms with Crippen LogP contribution in [0.4, 0.5) is 0 Å². The Morgan fingerprint density at radius 1 is 1.54 bits per heavy atom. The molecule has 3 rings (SSSR count). The maximum Gasteiger partial charge on any atom is 0.267 e. The molecule has 3 heterocycles. The lowest BCUT2D eigenvalue weighted by molar-refractivity contribution is 0.0351. The van der Waals surface area contributed by atoms with Crippen LogP contribution in [0.3, 0.4) is 0 Å². The van der Waals surface area contributed by atoms with Crippen LogP contribution in [0.1, 0.15) is 23.0 Å². The van der Waals surface area contributed by atoms with Crippen LogP contribution < -0.4 is 21.4 Å². The number of halogens is 1. The SMILES string of the molecule is CC1=CNC(NOCC2=C(NC(=O)c3scc(O)c3Cl)CCNC2)C=C1. The number of carbonyl (C=O) groups excluding carboxylic acids is 1. The molecule has 0 fully saturated rings. The first-order chi connectivity index (χ1) is 12.5. The number of aromatic hydroxyl groups is 1. The van der Waals surface area contributed by atoms with Crippen LogP contribution in [-0.2, 0) is 4.84 Å². The molecule has 0 spiro atoms. The fourth-order valence-corrected chi connectivity index (χ4v) is 3.62. The molecule has 1 atom stereocenters. The molecular formula is C17H21ClN4O3S. The monoisotopic (exact) mass is 396 g/mol. The van der Waals surface area contributed by atoms with E-state index >= 15 is 0 Å². The number of dihydropyridines is 1. The van der Waals surface area contributed by atoms with Gasteiger partial charge in [-0.3, -0.25) is 9.63 Å². The van der Waals surface area contributed by atoms with E-state index in [9.17, 15) is 9.90 Å². The minimum absolute atomic E-state index is 0.0776. The van der Waals surface area contributed by atoms with Crippen LogP contribution in [0.15, 0.2) is 40.6 Å². The van der Waals surface area contributed by atoms with Gasteiger partial charge in [0, 0.05) is 36.8 Å². The zero-order valence-corrected chi connectivity index (χ0v) is 15.8. The predicted octanol–water partition coefficient (Wildman–Crippen LogP) is 1.99. The van der Waals surface area contributed by atoms with Gasteiger partial charge < -0.3 is 21.1 Å². The molecule has 1 unspecified atom stereocenters. The third-order valence-electron chi connectivity index (χ3n) is 4.00. The number of hydrogen-bond acceptors (Lipinski definition) is 7. The molecule has 1 aromatic rings. The van der Waals surface area contributed by atoms with E-state index in [0.29, 0.717) is 24.4 Å². The smallest absolute Gasteiger partial charge is 0.267 e. The van der Waals surface area contributed by atoms with Crippen molar-refractivity contribution in [2.24, 2.45) is 0 Å². The zero-order valence-electron chi connectivity index (χ0n) is 14.3. The van der Waals surface area contributed by atoms with E-state index < -0.39 is 0 Å². The van der Waals surface area contributed by atoms with E-state index in [1.165, 1.54) is 5.38 Å². The standard InChI is InChI=1S/C17H21ClN4O3S/c1-10-2-3-14(20-6-10)22-25-8-11-7-19-5-4-12(11)21-17(24)16-15(18)13(23)9-26-16/h2-3,6,9,14,19-20,22-23H,4-5,7-8H2,1H3,(H,21,24). The number of thiophene rings is 1. The largest absolute Gasteiger partial charge is 0.505 e. The number of hydrogen-bond donors (Lipinski definition) is 5. The maximum atomic E-state index is 12.4. The van der Waals surface area contributed by atoms with Gasteiger partial charge in [-0.25, -0.2) is 0 Å². The van der Waals surface area contributed by atoms with Gasteiger partial charge in [0.25, 0.3) is 5.91 Å². The Balaban J connectivity index is 1.58. The highest BCUT2D eigenvalue weighted by atomic mass is 35.5. The Morgan fingerprint density at radius 2 is 2.38 bits per heavy atom. The van der Waals surface area contributed by atoms with Gasteiger partial charge in [-0.05, 0) is 24.1 Å². The fraction of sp³-hybridized carbons (Fsp3) is 0.353. The summed E-state index contributed by atoms with van der Waals surface area (Å²) in [5.41, 5.74) is 5.86. The third kappa shape index (κ3) is 4.66. The molecule has 0 bridgehead atoms. The van der Waals surface area contributed by atoms with Crippen molar-refractivity contribution in [1.29, 1.82) is 0 Å². The Kier molecular flexibility index (Phi) is 6.33. The normalized spacial score (nSPS) is 19.9. The third-order valence-corrected chi connectivity index (χ3v) is 5.46. The summed E-state index contributed by atoms with van der Waals surface area (Å²) < 4.78 is 0. The summed E-state index contributed by atoms with van der Waals surface area (Å²) in [5.74, 6) is -0.397. The van der Waals surface area contributed by atoms with Gasteiger partial charge in [0.1, 0.15) is 21.8 Å². The van der Waals surface area contributed by atoms with Gasteiger partial charge in [-0.2, -0.15) is 5.48 Å². The average molecular weight is 397 g/mol. The lowest BCUT2D eigenvalue weighted by atomic mass is 10.1. The van der Waals surface area contributed by atoms with Crippen molar-refractivity contribution in [3.8, 4) is 5.75 Å². The van der Waals surface area contributed by atoms with E-state index in [-0.39, 0.29) is 22.8 Å². The molecule has 0 radical (unpaired) electrons. The summed E-state index contributed by atoms with van der Waals surface area (Å²) >= 11 is 7.07. The van der Waals surface area contributed by atoms with Gasteiger partial charge >= 0.3 is 0 Å². The van der Waals surface area contributed by atoms with Crippen LogP contribution in [0.5, 0.6) is 5.75 Å². The Labute approximate surface area is 160 Å². The molecule has 9 heteroatoms. The molecule has 26 heavy (non-hydrogen) atoms. The predicted molar refractivity (Wildman–Crippen MR) is 102 cm³/mol. The summed E-state index contributed by atoms with van der Waals surface area (Å²) in [5, 5.41) is 20.4. The van der Waals surface area contributed by atoms with E-state index in [1.54, 1.807) is 0 Å². The van der Waals surface area contributed by atoms with Crippen molar-refractivity contribution in [2.75, 3.05) is 19.7 Å². The second-order valence-corrected chi connectivity index (χ2v) is 7.28. The number of hydroxylamine groups is 1. The molecular weight excluding hydrogens is 376 g/mol. The molecule has 2 aliphatic rings. The second-order valence-electron chi connectivity index (χ2n) is 6.03. The van der Waals surface area contributed by atoms with Gasteiger partial charge in [0.05, 0.1) is 6.61 Å². The van der Waals surface area contributed by atoms with Crippen LogP contribution >= 0.6 is 22.9 Å². The highest BCUT2D eigenvalue weighted by Gasteiger charge is 2.20. The van der Waals surface area contributed by atoms with Crippen molar-refractivity contribution in [2.45, 2.75) is 19.5 Å². The summed E-state index contributed by atoms with van der Waals surface area (Å²) in [7, 11) is 0. The molecule has 5 N–H and O–H groups in total. The zero-order chi connectivity index (χ0) is 18.5. The van der Waals surface area contributed by atoms with Crippen LogP contribution in [-0.4, -0.2) is 36.9 Å². The van der Waals surface area contributed by atoms with Gasteiger partial charge in [-0.1, -0.05) is 17.7 Å². The summed E-state index contributed by atoms with van der Waals surface area (Å²) in [6.07, 6.45) is 6.47. The molecule has 1 aromatic heterocycles. The Morgan fingerprint density at radius 3 is 3.08 bits per heavy atom. The van der Waals surface area contributed by atoms with Crippen LogP contribution in [0.2, 0.25) is 5.02 Å². The summed E-state index contributed by atoms with van der Waals surface area (Å²) in [4.78, 5) is 18.3. The average Bonchev–Trinajstić information content (AvgIpc) is 2.97. The van der Waals surface area contributed by atoms with Crippen LogP contribution in [0.25, 0.3) is 0 Å². The number of carbonyl (C=O) groups is 1. The lowest BCUT2D eigenvalue weighted by Crippen LogP contribution is -2.41. The number of amides is 1. The number of nitrogens with one attached hydrogen (secondary N) is 4. The first kappa shape index (κ1) is 18.9. The molecule has 140 valence electrons. The van der Waals surface area contributed by atoms with Crippen molar-refractivity contribution >= 4 is 28.8 Å². The molecule has 0 aliphatic carbocycles. The maximum absolute atomic E-state index is 12.4. The summed E-state index contributed by atoms with van der Waals surface area (Å²) in [6.45, 7) is 3.75. The topological polar surface area (TPSA) is 94.7 Å². The van der Waals surface area contributed by atoms with Gasteiger partial charge in [0.15, 0.2) is 0 Å². The lowest BCUT2D eigenvalue weighted by Gasteiger charge is -2.23. The quantitative estimate of drug-likeness (QED) is 0.472.